The molecule has 8 heterocycles. The van der Waals surface area contributed by atoms with E-state index in [0.717, 1.165) is 120 Å². The highest BCUT2D eigenvalue weighted by atomic mass is 32.2. The van der Waals surface area contributed by atoms with Crippen LogP contribution in [-0.2, 0) is 93.7 Å². The zero-order chi connectivity index (χ0) is 88.1. The molecule has 1 amide bonds. The van der Waals surface area contributed by atoms with Crippen molar-refractivity contribution in [1.29, 1.82) is 0 Å². The molecule has 12 rings (SSSR count). The summed E-state index contributed by atoms with van der Waals surface area (Å²) in [6.45, 7) is 41.5. The van der Waals surface area contributed by atoms with Gasteiger partial charge in [0, 0.05) is 147 Å². The van der Waals surface area contributed by atoms with Gasteiger partial charge in [-0.2, -0.15) is 8.61 Å². The third-order valence-corrected chi connectivity index (χ3v) is 37.4. The van der Waals surface area contributed by atoms with Crippen molar-refractivity contribution in [1.82, 2.24) is 23.7 Å². The number of methoxy groups -OCH3 is 1. The summed E-state index contributed by atoms with van der Waals surface area (Å²) in [5.41, 5.74) is 10.8. The predicted molar refractivity (Wildman–Crippen MR) is 505 cm³/mol. The Bertz CT molecular complexity index is 3800. The molecule has 8 bridgehead atoms. The highest BCUT2D eigenvalue weighted by Gasteiger charge is 2.51. The van der Waals surface area contributed by atoms with E-state index in [2.05, 4.69) is 150 Å². The molecule has 8 saturated heterocycles. The van der Waals surface area contributed by atoms with Gasteiger partial charge in [0.15, 0.2) is 0 Å². The van der Waals surface area contributed by atoms with Crippen molar-refractivity contribution in [3.8, 4) is 0 Å². The van der Waals surface area contributed by atoms with Gasteiger partial charge in [-0.05, 0) is 295 Å². The summed E-state index contributed by atoms with van der Waals surface area (Å²) >= 11 is 0. The lowest BCUT2D eigenvalue weighted by molar-refractivity contribution is 0.0608. The van der Waals surface area contributed by atoms with Crippen molar-refractivity contribution in [2.75, 3.05) is 68.8 Å². The number of nitrogens with two attached hydrogens (primary N) is 1. The van der Waals surface area contributed by atoms with Gasteiger partial charge in [0.2, 0.25) is 20.0 Å². The Balaban J connectivity index is 0.000000273. The normalized spacial score (nSPS) is 26.2. The Hall–Kier alpha value is -3.55. The largest absolute Gasteiger partial charge is 0.453 e. The molecule has 22 heteroatoms. The SMILES string of the molecule is CC.CC.CC.CC.CC(C)(C)[S@](=O)C[C@H](Cc1ccccc1)C1C[C@H]2CC[C@@H](C1)N2.CC(C)(C)[S@](=O)C[C@H](Cc1ccccc1)C1C[C@H]2CC[C@@H](C1)N2S(=O)(=O)CCN.CN(C)CCS(=O)(=O)N1[C@@H]2CC[C@H]1CC([C@@H](Cc1ccccc1)C[S@@](=O)C(C)(C)C)C2.COC(=O)N1[C@@H]2CC[C@H]1CC([C@@H](Cc1ccccc1)C[S@@](=O)C(C)(C)C)C2. The minimum Gasteiger partial charge on any atom is -0.453 e. The minimum absolute atomic E-state index is 0.0339. The number of benzene rings is 4. The molecule has 4 aromatic carbocycles. The van der Waals surface area contributed by atoms with Gasteiger partial charge in [-0.1, -0.05) is 177 Å². The number of carbonyl (C=O) groups is 1. The van der Waals surface area contributed by atoms with Crippen molar-refractivity contribution < 1.29 is 43.2 Å². The van der Waals surface area contributed by atoms with Gasteiger partial charge in [0.1, 0.15) is 0 Å². The number of hydrogen-bond donors (Lipinski definition) is 2. The number of piperidine rings is 4. The third kappa shape index (κ3) is 32.1. The van der Waals surface area contributed by atoms with Gasteiger partial charge in [0.05, 0.1) is 18.6 Å². The average Bonchev–Trinajstić information content (AvgIpc) is 1.61. The summed E-state index contributed by atoms with van der Waals surface area (Å²) in [7, 11) is -4.68. The quantitative estimate of drug-likeness (QED) is 0.0569. The van der Waals surface area contributed by atoms with Crippen LogP contribution in [0.4, 0.5) is 4.79 Å². The maximum atomic E-state index is 13.1. The zero-order valence-electron chi connectivity index (χ0n) is 77.5. The molecule has 0 aromatic heterocycles. The predicted octanol–water partition coefficient (Wildman–Crippen LogP) is 18.9. The molecule has 3 N–H and O–H groups in total. The molecule has 118 heavy (non-hydrogen) atoms. The number of amides is 1. The molecular formula is C96H164N6O10S6. The van der Waals surface area contributed by atoms with Crippen LogP contribution in [0, 0.1) is 47.3 Å². The fourth-order valence-electron chi connectivity index (χ4n) is 19.1. The van der Waals surface area contributed by atoms with Crippen LogP contribution in [0.2, 0.25) is 0 Å². The maximum Gasteiger partial charge on any atom is 0.409 e. The second kappa shape index (κ2) is 50.0. The van der Waals surface area contributed by atoms with Crippen molar-refractivity contribution in [3.63, 3.8) is 0 Å². The first-order chi connectivity index (χ1) is 55.8. The molecule has 8 aliphatic heterocycles. The van der Waals surface area contributed by atoms with E-state index in [1.807, 2.05) is 143 Å². The summed E-state index contributed by atoms with van der Waals surface area (Å²) in [6.07, 6.45) is 20.4. The first-order valence-electron chi connectivity index (χ1n) is 45.5. The number of nitrogens with one attached hydrogen (secondary N) is 1. The monoisotopic (exact) mass is 1750 g/mol. The van der Waals surface area contributed by atoms with Crippen LogP contribution in [0.25, 0.3) is 0 Å². The van der Waals surface area contributed by atoms with Crippen LogP contribution in [0.3, 0.4) is 0 Å². The van der Waals surface area contributed by atoms with Gasteiger partial charge >= 0.3 is 6.09 Å². The fraction of sp³-hybridized carbons (Fsp3) is 0.740. The first-order valence-corrected chi connectivity index (χ1v) is 54.0. The highest BCUT2D eigenvalue weighted by molar-refractivity contribution is 7.89. The van der Waals surface area contributed by atoms with Gasteiger partial charge in [-0.3, -0.25) is 16.8 Å². The van der Waals surface area contributed by atoms with Crippen LogP contribution in [0.5, 0.6) is 0 Å². The molecule has 8 aliphatic rings. The van der Waals surface area contributed by atoms with Crippen molar-refractivity contribution in [2.24, 2.45) is 53.1 Å². The molecule has 0 saturated carbocycles. The van der Waals surface area contributed by atoms with Crippen LogP contribution < -0.4 is 11.1 Å². The van der Waals surface area contributed by atoms with Crippen LogP contribution >= 0.6 is 0 Å². The Morgan fingerprint density at radius 3 is 0.881 bits per heavy atom. The lowest BCUT2D eigenvalue weighted by Gasteiger charge is -2.41. The van der Waals surface area contributed by atoms with Crippen LogP contribution in [-0.4, -0.2) is 194 Å². The average molecular weight is 1750 g/mol. The molecule has 20 atom stereocenters. The lowest BCUT2D eigenvalue weighted by Crippen LogP contribution is -2.50. The molecule has 0 aliphatic carbocycles. The van der Waals surface area contributed by atoms with E-state index in [1.165, 1.54) is 55.0 Å². The second-order valence-corrected chi connectivity index (χ2v) is 50.8. The molecule has 8 fully saturated rings. The zero-order valence-corrected chi connectivity index (χ0v) is 82.4. The molecule has 4 aromatic rings. The molecule has 674 valence electrons. The van der Waals surface area contributed by atoms with Crippen molar-refractivity contribution >= 4 is 69.3 Å². The highest BCUT2D eigenvalue weighted by Crippen LogP contribution is 2.48. The van der Waals surface area contributed by atoms with Gasteiger partial charge in [-0.15, -0.1) is 0 Å². The van der Waals surface area contributed by atoms with E-state index < -0.39 is 63.2 Å². The minimum atomic E-state index is -3.28. The number of carbonyl (C=O) groups excluding carboxylic acids is 1. The Labute approximate surface area is 730 Å². The van der Waals surface area contributed by atoms with Crippen LogP contribution in [0.15, 0.2) is 121 Å². The third-order valence-electron chi connectivity index (χ3n) is 25.1. The summed E-state index contributed by atoms with van der Waals surface area (Å²) < 4.78 is 111. The summed E-state index contributed by atoms with van der Waals surface area (Å²) in [6, 6.07) is 44.6. The van der Waals surface area contributed by atoms with E-state index in [9.17, 15) is 38.5 Å². The van der Waals surface area contributed by atoms with Gasteiger partial charge < -0.3 is 25.6 Å². The molecule has 0 spiro atoms. The topological polar surface area (TPSA) is 214 Å². The lowest BCUT2D eigenvalue weighted by atomic mass is 9.79. The summed E-state index contributed by atoms with van der Waals surface area (Å²) in [4.78, 5) is 16.1. The van der Waals surface area contributed by atoms with E-state index in [4.69, 9.17) is 10.5 Å². The Morgan fingerprint density at radius 2 is 0.644 bits per heavy atom. The number of nitrogens with zero attached hydrogens (tertiary/aromatic N) is 4. The first kappa shape index (κ1) is 105. The van der Waals surface area contributed by atoms with Crippen molar-refractivity contribution in [2.45, 2.75) is 334 Å². The molecule has 16 nitrogen and oxygen atoms in total. The summed E-state index contributed by atoms with van der Waals surface area (Å²) in [5, 5.41) is 3.75. The molecule has 0 radical (unpaired) electrons. The van der Waals surface area contributed by atoms with E-state index in [-0.39, 0.29) is 79.4 Å². The standard InChI is InChI=1S/C24H40N2O3S2.C22H36N2O3S2.C22H33NO3S.C20H31NOS.4C2H6/c1-24(2,3)30(27)18-21(15-19-9-7-6-8-10-19)20-16-22-11-12-23(17-20)26(22)31(28,29)14-13-25(4)5;1-22(2,3)28(25)16-19(13-17-7-5-4-6-8-17)18-14-20-9-10-21(15-18)24(20)29(26,27)12-11-23;1-22(2,3)27(25)15-18(12-16-8-6-5-7-9-16)17-13-19-10-11-20(14-17)23(19)21(24)26-4;1-20(2,3)23(22)14-17(11-15-7-5-4-6-8-15)16-12-18-9-10-19(13-16)21-18;4*1-2/h6-10,20-23H,11-18H2,1-5H3;4-8,18-21H,9-16,23H2,1-3H3;5-9,17-20H,10-15H2,1-4H3;4-8,16-19,21H,9-14H2,1-3H3;4*1-2H3/t20?,21-,22-,23+,30+;18?,19-,20-,21+,28+;17?,18-,19-,20+,27+;16?,17-,18-,19+,23+;;;;/m0000..../s1. The van der Waals surface area contributed by atoms with E-state index in [1.54, 1.807) is 4.31 Å². The van der Waals surface area contributed by atoms with E-state index >= 15 is 0 Å². The fourth-order valence-corrected chi connectivity index (χ4v) is 28.1. The second-order valence-electron chi connectivity index (χ2n) is 37.8. The number of hydrogen-bond acceptors (Lipinski definition) is 13. The Morgan fingerprint density at radius 1 is 0.407 bits per heavy atom. The Kier molecular flexibility index (Phi) is 44.5. The smallest absolute Gasteiger partial charge is 0.409 e. The number of ether oxygens (including phenoxy) is 1. The van der Waals surface area contributed by atoms with Crippen molar-refractivity contribution in [3.05, 3.63) is 144 Å². The van der Waals surface area contributed by atoms with Gasteiger partial charge in [0.25, 0.3) is 0 Å². The molecule has 4 unspecified atom stereocenters. The number of sulfonamides is 2. The van der Waals surface area contributed by atoms with E-state index in [0.29, 0.717) is 71.6 Å². The van der Waals surface area contributed by atoms with Crippen LogP contribution in [0.1, 0.15) is 263 Å². The molecular weight excluding hydrogens is 1590 g/mol. The van der Waals surface area contributed by atoms with Gasteiger partial charge in [-0.25, -0.2) is 21.6 Å². The number of fused-ring (bicyclic) bond motifs is 8. The summed E-state index contributed by atoms with van der Waals surface area (Å²) in [5.74, 6) is 6.79. The maximum absolute atomic E-state index is 13.1. The number of rotatable bonds is 27.